The Morgan fingerprint density at radius 1 is 1.23 bits per heavy atom. The van der Waals surface area contributed by atoms with Gasteiger partial charge in [0, 0.05) is 18.0 Å². The van der Waals surface area contributed by atoms with Gasteiger partial charge in [0.2, 0.25) is 5.91 Å². The van der Waals surface area contributed by atoms with Gasteiger partial charge < -0.3 is 15.0 Å². The minimum Gasteiger partial charge on any atom is -0.496 e. The molecular formula is C20H24N2O3S. The van der Waals surface area contributed by atoms with Gasteiger partial charge >= 0.3 is 0 Å². The van der Waals surface area contributed by atoms with Crippen LogP contribution in [0.5, 0.6) is 5.75 Å². The summed E-state index contributed by atoms with van der Waals surface area (Å²) in [7, 11) is 1.53. The van der Waals surface area contributed by atoms with Crippen molar-refractivity contribution in [3.05, 3.63) is 51.7 Å². The second-order valence-corrected chi connectivity index (χ2v) is 7.77. The molecule has 2 amide bonds. The van der Waals surface area contributed by atoms with E-state index in [1.807, 2.05) is 24.8 Å². The van der Waals surface area contributed by atoms with Gasteiger partial charge in [-0.1, -0.05) is 26.0 Å². The third kappa shape index (κ3) is 3.75. The van der Waals surface area contributed by atoms with Crippen LogP contribution >= 0.6 is 11.3 Å². The smallest absolute Gasteiger partial charge is 0.255 e. The van der Waals surface area contributed by atoms with Crippen LogP contribution in [0.2, 0.25) is 0 Å². The minimum atomic E-state index is -0.562. The number of para-hydroxylation sites is 1. The number of ether oxygens (including phenoxy) is 1. The van der Waals surface area contributed by atoms with Crippen LogP contribution in [0.15, 0.2) is 35.7 Å². The molecule has 1 aromatic heterocycles. The van der Waals surface area contributed by atoms with Crippen molar-refractivity contribution in [2.24, 2.45) is 5.92 Å². The van der Waals surface area contributed by atoms with E-state index in [1.165, 1.54) is 17.6 Å². The Hall–Kier alpha value is -2.34. The molecule has 6 heteroatoms. The quantitative estimate of drug-likeness (QED) is 0.877. The fourth-order valence-electron chi connectivity index (χ4n) is 3.20. The Labute approximate surface area is 158 Å². The van der Waals surface area contributed by atoms with Crippen LogP contribution in [0.4, 0.5) is 0 Å². The predicted molar refractivity (Wildman–Crippen MR) is 103 cm³/mol. The average Bonchev–Trinajstić information content (AvgIpc) is 3.12. The summed E-state index contributed by atoms with van der Waals surface area (Å²) in [6.07, 6.45) is 0.879. The molecule has 0 saturated carbocycles. The molecule has 0 aliphatic carbocycles. The van der Waals surface area contributed by atoms with Crippen molar-refractivity contribution in [2.45, 2.75) is 32.9 Å². The molecule has 0 radical (unpaired) electrons. The Morgan fingerprint density at radius 3 is 2.73 bits per heavy atom. The van der Waals surface area contributed by atoms with Crippen molar-refractivity contribution in [1.82, 2.24) is 10.2 Å². The van der Waals surface area contributed by atoms with Crippen molar-refractivity contribution in [2.75, 3.05) is 13.7 Å². The number of hydrogen-bond donors (Lipinski definition) is 1. The van der Waals surface area contributed by atoms with E-state index in [0.717, 1.165) is 6.42 Å². The molecular weight excluding hydrogens is 348 g/mol. The molecule has 1 aliphatic heterocycles. The maximum absolute atomic E-state index is 13.1. The Kier molecular flexibility index (Phi) is 5.61. The van der Waals surface area contributed by atoms with Crippen LogP contribution in [0.1, 0.15) is 34.6 Å². The number of amides is 2. The van der Waals surface area contributed by atoms with Crippen molar-refractivity contribution in [1.29, 1.82) is 0 Å². The van der Waals surface area contributed by atoms with E-state index in [9.17, 15) is 9.59 Å². The molecule has 3 rings (SSSR count). The molecule has 1 aliphatic rings. The van der Waals surface area contributed by atoms with E-state index >= 15 is 0 Å². The lowest BCUT2D eigenvalue weighted by Gasteiger charge is -2.32. The zero-order chi connectivity index (χ0) is 18.7. The average molecular weight is 372 g/mol. The second kappa shape index (κ2) is 7.91. The van der Waals surface area contributed by atoms with Gasteiger partial charge in [-0.05, 0) is 41.5 Å². The monoisotopic (exact) mass is 372 g/mol. The first-order chi connectivity index (χ1) is 12.5. The molecule has 0 unspecified atom stereocenters. The molecule has 138 valence electrons. The van der Waals surface area contributed by atoms with Gasteiger partial charge in [-0.3, -0.25) is 9.59 Å². The number of fused-ring (bicyclic) bond motifs is 1. The van der Waals surface area contributed by atoms with Crippen molar-refractivity contribution >= 4 is 23.2 Å². The van der Waals surface area contributed by atoms with Crippen LogP contribution in [0.25, 0.3) is 0 Å². The summed E-state index contributed by atoms with van der Waals surface area (Å²) in [5, 5.41) is 4.99. The second-order valence-electron chi connectivity index (χ2n) is 6.77. The molecule has 1 atom stereocenters. The number of thiophene rings is 1. The Morgan fingerprint density at radius 2 is 2.00 bits per heavy atom. The van der Waals surface area contributed by atoms with Crippen LogP contribution in [0, 0.1) is 5.92 Å². The minimum absolute atomic E-state index is 0.00923. The van der Waals surface area contributed by atoms with Gasteiger partial charge in [0.1, 0.15) is 11.8 Å². The molecule has 1 aromatic carbocycles. The van der Waals surface area contributed by atoms with E-state index in [-0.39, 0.29) is 17.7 Å². The summed E-state index contributed by atoms with van der Waals surface area (Å²) >= 11 is 1.74. The van der Waals surface area contributed by atoms with Crippen molar-refractivity contribution < 1.29 is 14.3 Å². The number of hydrogen-bond acceptors (Lipinski definition) is 4. The number of carbonyl (C=O) groups excluding carboxylic acids is 2. The molecule has 0 bridgehead atoms. The third-order valence-electron chi connectivity index (χ3n) is 4.69. The molecule has 0 spiro atoms. The fraction of sp³-hybridized carbons (Fsp3) is 0.400. The summed E-state index contributed by atoms with van der Waals surface area (Å²) in [5.74, 6) is 0.175. The first-order valence-corrected chi connectivity index (χ1v) is 9.67. The van der Waals surface area contributed by atoms with Gasteiger partial charge in [0.05, 0.1) is 12.7 Å². The zero-order valence-electron chi connectivity index (χ0n) is 15.3. The van der Waals surface area contributed by atoms with E-state index in [4.69, 9.17) is 4.74 Å². The number of carbonyl (C=O) groups is 2. The number of nitrogens with one attached hydrogen (secondary N) is 1. The summed E-state index contributed by atoms with van der Waals surface area (Å²) in [4.78, 5) is 29.0. The highest BCUT2D eigenvalue weighted by atomic mass is 32.1. The van der Waals surface area contributed by atoms with Crippen molar-refractivity contribution in [3.8, 4) is 5.75 Å². The first kappa shape index (κ1) is 18.5. The predicted octanol–water partition coefficient (Wildman–Crippen LogP) is 3.10. The molecule has 5 nitrogen and oxygen atoms in total. The number of rotatable bonds is 5. The number of methoxy groups -OCH3 is 1. The normalized spacial score (nSPS) is 14.7. The largest absolute Gasteiger partial charge is 0.496 e. The lowest BCUT2D eigenvalue weighted by Crippen LogP contribution is -2.52. The maximum Gasteiger partial charge on any atom is 0.255 e. The lowest BCUT2D eigenvalue weighted by atomic mass is 10.00. The highest BCUT2D eigenvalue weighted by Crippen LogP contribution is 2.25. The number of benzene rings is 1. The van der Waals surface area contributed by atoms with Gasteiger partial charge in [-0.15, -0.1) is 11.3 Å². The van der Waals surface area contributed by atoms with Gasteiger partial charge in [0.15, 0.2) is 0 Å². The molecule has 0 fully saturated rings. The van der Waals surface area contributed by atoms with Gasteiger partial charge in [-0.2, -0.15) is 0 Å². The Balaban J connectivity index is 1.75. The van der Waals surface area contributed by atoms with E-state index in [1.54, 1.807) is 29.5 Å². The summed E-state index contributed by atoms with van der Waals surface area (Å²) in [5.41, 5.74) is 1.65. The van der Waals surface area contributed by atoms with Gasteiger partial charge in [0.25, 0.3) is 5.91 Å². The first-order valence-electron chi connectivity index (χ1n) is 8.79. The maximum atomic E-state index is 13.1. The SMILES string of the molecule is COc1ccccc1C(=O)N[C@H](C(=O)N1CCc2sccc2C1)C(C)C. The summed E-state index contributed by atoms with van der Waals surface area (Å²) < 4.78 is 5.26. The number of nitrogens with zero attached hydrogens (tertiary/aromatic N) is 1. The molecule has 2 heterocycles. The summed E-state index contributed by atoms with van der Waals surface area (Å²) in [6.45, 7) is 5.21. The highest BCUT2D eigenvalue weighted by molar-refractivity contribution is 7.10. The van der Waals surface area contributed by atoms with Crippen LogP contribution < -0.4 is 10.1 Å². The molecule has 0 saturated heterocycles. The highest BCUT2D eigenvalue weighted by Gasteiger charge is 2.31. The molecule has 1 N–H and O–H groups in total. The van der Waals surface area contributed by atoms with Crippen LogP contribution in [-0.4, -0.2) is 36.4 Å². The van der Waals surface area contributed by atoms with E-state index < -0.39 is 6.04 Å². The van der Waals surface area contributed by atoms with Crippen LogP contribution in [0.3, 0.4) is 0 Å². The van der Waals surface area contributed by atoms with Crippen molar-refractivity contribution in [3.63, 3.8) is 0 Å². The topological polar surface area (TPSA) is 58.6 Å². The fourth-order valence-corrected chi connectivity index (χ4v) is 4.09. The summed E-state index contributed by atoms with van der Waals surface area (Å²) in [6, 6.07) is 8.56. The van der Waals surface area contributed by atoms with E-state index in [2.05, 4.69) is 16.8 Å². The lowest BCUT2D eigenvalue weighted by molar-refractivity contribution is -0.135. The zero-order valence-corrected chi connectivity index (χ0v) is 16.1. The Bertz CT molecular complexity index is 800. The molecule has 26 heavy (non-hydrogen) atoms. The van der Waals surface area contributed by atoms with E-state index in [0.29, 0.717) is 24.4 Å². The van der Waals surface area contributed by atoms with Crippen LogP contribution in [-0.2, 0) is 17.8 Å². The standard InChI is InChI=1S/C20H24N2O3S/c1-13(2)18(21-19(23)15-6-4-5-7-16(15)25-3)20(24)22-10-8-17-14(12-22)9-11-26-17/h4-7,9,11,13,18H,8,10,12H2,1-3H3,(H,21,23)/t18-/m0/s1. The third-order valence-corrected chi connectivity index (χ3v) is 5.71. The molecule has 2 aromatic rings. The van der Waals surface area contributed by atoms with Gasteiger partial charge in [-0.25, -0.2) is 0 Å².